The number of carbonyl (C=O) groups is 1. The summed E-state index contributed by atoms with van der Waals surface area (Å²) in [4.78, 5) is 10.8. The zero-order chi connectivity index (χ0) is 12.5. The minimum Gasteiger partial charge on any atom is -0.385 e. The van der Waals surface area contributed by atoms with Gasteiger partial charge in [0.15, 0.2) is 0 Å². The number of nitrogens with one attached hydrogen (secondary N) is 2. The number of hydrogen-bond acceptors (Lipinski definition) is 3. The van der Waals surface area contributed by atoms with E-state index in [-0.39, 0.29) is 5.91 Å². The van der Waals surface area contributed by atoms with E-state index in [2.05, 4.69) is 10.6 Å². The highest BCUT2D eigenvalue weighted by Crippen LogP contribution is 2.13. The molecule has 1 amide bonds. The van der Waals surface area contributed by atoms with Gasteiger partial charge in [0.1, 0.15) is 0 Å². The molecule has 94 valence electrons. The number of amides is 1. The summed E-state index contributed by atoms with van der Waals surface area (Å²) in [5, 5.41) is 6.05. The molecule has 1 rings (SSSR count). The van der Waals surface area contributed by atoms with Crippen molar-refractivity contribution in [2.45, 2.75) is 19.8 Å². The van der Waals surface area contributed by atoms with E-state index in [0.717, 1.165) is 37.4 Å². The van der Waals surface area contributed by atoms with Crippen LogP contribution in [0.5, 0.6) is 0 Å². The molecule has 4 nitrogen and oxygen atoms in total. The zero-order valence-electron chi connectivity index (χ0n) is 10.5. The molecule has 0 unspecified atom stereocenters. The highest BCUT2D eigenvalue weighted by Gasteiger charge is 1.96. The summed E-state index contributed by atoms with van der Waals surface area (Å²) >= 11 is 0. The quantitative estimate of drug-likeness (QED) is 0.715. The van der Waals surface area contributed by atoms with Crippen molar-refractivity contribution in [2.75, 3.05) is 30.9 Å². The van der Waals surface area contributed by atoms with Gasteiger partial charge in [-0.15, -0.1) is 0 Å². The van der Waals surface area contributed by atoms with E-state index in [4.69, 9.17) is 4.74 Å². The first-order valence-electron chi connectivity index (χ1n) is 5.83. The number of methoxy groups -OCH3 is 1. The van der Waals surface area contributed by atoms with Gasteiger partial charge in [-0.1, -0.05) is 0 Å². The lowest BCUT2D eigenvalue weighted by Crippen LogP contribution is -2.06. The van der Waals surface area contributed by atoms with Crippen LogP contribution in [0.4, 0.5) is 11.4 Å². The fourth-order valence-corrected chi connectivity index (χ4v) is 1.48. The second kappa shape index (κ2) is 7.68. The molecule has 0 fully saturated rings. The molecule has 0 aliphatic heterocycles. The molecule has 1 aromatic carbocycles. The Morgan fingerprint density at radius 1 is 1.18 bits per heavy atom. The third-order valence-electron chi connectivity index (χ3n) is 2.31. The number of ether oxygens (including phenoxy) is 1. The predicted octanol–water partition coefficient (Wildman–Crippen LogP) is 2.48. The van der Waals surface area contributed by atoms with Crippen LogP contribution in [0.25, 0.3) is 0 Å². The summed E-state index contributed by atoms with van der Waals surface area (Å²) in [5.74, 6) is -0.0507. The van der Waals surface area contributed by atoms with Crippen molar-refractivity contribution >= 4 is 17.3 Å². The highest BCUT2D eigenvalue weighted by atomic mass is 16.5. The Labute approximate surface area is 102 Å². The first-order chi connectivity index (χ1) is 8.22. The fraction of sp³-hybridized carbons (Fsp3) is 0.462. The standard InChI is InChI=1S/C13H20N2O2/c1-11(16)15-13-7-5-12(6-8-13)14-9-3-4-10-17-2/h5-8,14H,3-4,9-10H2,1-2H3,(H,15,16). The Kier molecular flexibility index (Phi) is 6.10. The SMILES string of the molecule is COCCCCNc1ccc(NC(C)=O)cc1. The monoisotopic (exact) mass is 236 g/mol. The fourth-order valence-electron chi connectivity index (χ4n) is 1.48. The molecule has 0 saturated carbocycles. The van der Waals surface area contributed by atoms with E-state index < -0.39 is 0 Å². The van der Waals surface area contributed by atoms with E-state index in [9.17, 15) is 4.79 Å². The van der Waals surface area contributed by atoms with E-state index >= 15 is 0 Å². The minimum atomic E-state index is -0.0507. The van der Waals surface area contributed by atoms with Crippen LogP contribution in [0.15, 0.2) is 24.3 Å². The van der Waals surface area contributed by atoms with Crippen LogP contribution in [-0.4, -0.2) is 26.2 Å². The summed E-state index contributed by atoms with van der Waals surface area (Å²) in [5.41, 5.74) is 1.89. The average molecular weight is 236 g/mol. The van der Waals surface area contributed by atoms with Crippen LogP contribution in [0.2, 0.25) is 0 Å². The lowest BCUT2D eigenvalue weighted by atomic mass is 10.2. The molecule has 0 bridgehead atoms. The molecule has 0 aliphatic rings. The maximum absolute atomic E-state index is 10.8. The third kappa shape index (κ3) is 5.92. The molecular weight excluding hydrogens is 216 g/mol. The molecule has 0 saturated heterocycles. The highest BCUT2D eigenvalue weighted by molar-refractivity contribution is 5.88. The van der Waals surface area contributed by atoms with Crippen molar-refractivity contribution in [3.05, 3.63) is 24.3 Å². The molecular formula is C13H20N2O2. The lowest BCUT2D eigenvalue weighted by Gasteiger charge is -2.07. The smallest absolute Gasteiger partial charge is 0.221 e. The summed E-state index contributed by atoms with van der Waals surface area (Å²) in [6.45, 7) is 3.24. The topological polar surface area (TPSA) is 50.4 Å². The Balaban J connectivity index is 2.28. The first kappa shape index (κ1) is 13.5. The van der Waals surface area contributed by atoms with E-state index in [1.807, 2.05) is 24.3 Å². The van der Waals surface area contributed by atoms with Gasteiger partial charge in [0, 0.05) is 38.6 Å². The van der Waals surface area contributed by atoms with Crippen LogP contribution in [0, 0.1) is 0 Å². The Hall–Kier alpha value is -1.55. The van der Waals surface area contributed by atoms with Gasteiger partial charge in [0.25, 0.3) is 0 Å². The Bertz CT molecular complexity index is 336. The van der Waals surface area contributed by atoms with Crippen molar-refractivity contribution in [1.29, 1.82) is 0 Å². The third-order valence-corrected chi connectivity index (χ3v) is 2.31. The molecule has 0 aliphatic carbocycles. The van der Waals surface area contributed by atoms with Crippen molar-refractivity contribution in [1.82, 2.24) is 0 Å². The number of anilines is 2. The van der Waals surface area contributed by atoms with Gasteiger partial charge in [-0.2, -0.15) is 0 Å². The van der Waals surface area contributed by atoms with E-state index in [1.165, 1.54) is 6.92 Å². The summed E-state index contributed by atoms with van der Waals surface area (Å²) < 4.78 is 4.98. The summed E-state index contributed by atoms with van der Waals surface area (Å²) in [6.07, 6.45) is 2.15. The summed E-state index contributed by atoms with van der Waals surface area (Å²) in [6, 6.07) is 7.70. The predicted molar refractivity (Wildman–Crippen MR) is 70.3 cm³/mol. The van der Waals surface area contributed by atoms with Crippen LogP contribution < -0.4 is 10.6 Å². The van der Waals surface area contributed by atoms with Crippen molar-refractivity contribution in [3.63, 3.8) is 0 Å². The molecule has 0 spiro atoms. The van der Waals surface area contributed by atoms with Gasteiger partial charge in [-0.3, -0.25) is 4.79 Å². The second-order valence-electron chi connectivity index (χ2n) is 3.89. The maximum atomic E-state index is 10.8. The van der Waals surface area contributed by atoms with Crippen LogP contribution in [-0.2, 0) is 9.53 Å². The molecule has 0 atom stereocenters. The maximum Gasteiger partial charge on any atom is 0.221 e. The molecule has 0 radical (unpaired) electrons. The minimum absolute atomic E-state index is 0.0507. The van der Waals surface area contributed by atoms with Crippen molar-refractivity contribution in [2.24, 2.45) is 0 Å². The van der Waals surface area contributed by atoms with E-state index in [0.29, 0.717) is 0 Å². The van der Waals surface area contributed by atoms with Gasteiger partial charge in [-0.05, 0) is 37.1 Å². The van der Waals surface area contributed by atoms with Crippen molar-refractivity contribution < 1.29 is 9.53 Å². The Morgan fingerprint density at radius 3 is 2.41 bits per heavy atom. The van der Waals surface area contributed by atoms with Crippen LogP contribution in [0.1, 0.15) is 19.8 Å². The van der Waals surface area contributed by atoms with Gasteiger partial charge >= 0.3 is 0 Å². The number of hydrogen-bond donors (Lipinski definition) is 2. The molecule has 17 heavy (non-hydrogen) atoms. The van der Waals surface area contributed by atoms with Gasteiger partial charge < -0.3 is 15.4 Å². The number of benzene rings is 1. The lowest BCUT2D eigenvalue weighted by molar-refractivity contribution is -0.114. The molecule has 0 aromatic heterocycles. The average Bonchev–Trinajstić information content (AvgIpc) is 2.30. The van der Waals surface area contributed by atoms with Crippen molar-refractivity contribution in [3.8, 4) is 0 Å². The van der Waals surface area contributed by atoms with Gasteiger partial charge in [0.05, 0.1) is 0 Å². The zero-order valence-corrected chi connectivity index (χ0v) is 10.5. The molecule has 2 N–H and O–H groups in total. The van der Waals surface area contributed by atoms with E-state index in [1.54, 1.807) is 7.11 Å². The number of unbranched alkanes of at least 4 members (excludes halogenated alkanes) is 1. The second-order valence-corrected chi connectivity index (χ2v) is 3.89. The molecule has 0 heterocycles. The molecule has 1 aromatic rings. The van der Waals surface area contributed by atoms with Gasteiger partial charge in [-0.25, -0.2) is 0 Å². The number of rotatable bonds is 7. The normalized spacial score (nSPS) is 10.0. The number of carbonyl (C=O) groups excluding carboxylic acids is 1. The molecule has 4 heteroatoms. The largest absolute Gasteiger partial charge is 0.385 e. The first-order valence-corrected chi connectivity index (χ1v) is 5.83. The summed E-state index contributed by atoms with van der Waals surface area (Å²) in [7, 11) is 1.72. The van der Waals surface area contributed by atoms with Gasteiger partial charge in [0.2, 0.25) is 5.91 Å². The Morgan fingerprint density at radius 2 is 1.82 bits per heavy atom. The van der Waals surface area contributed by atoms with Crippen LogP contribution in [0.3, 0.4) is 0 Å². The van der Waals surface area contributed by atoms with Crippen LogP contribution >= 0.6 is 0 Å².